The maximum atomic E-state index is 9.03. The molecule has 0 aliphatic rings. The highest BCUT2D eigenvalue weighted by Gasteiger charge is 2.20. The molecule has 14 heavy (non-hydrogen) atoms. The minimum atomic E-state index is -0.0265. The lowest BCUT2D eigenvalue weighted by atomic mass is 9.84. The predicted octanol–water partition coefficient (Wildman–Crippen LogP) is 3.32. The van der Waals surface area contributed by atoms with Gasteiger partial charge in [0.2, 0.25) is 0 Å². The van der Waals surface area contributed by atoms with Crippen LogP contribution in [-0.2, 0) is 5.41 Å². The molecule has 74 valence electrons. The molecule has 0 aliphatic carbocycles. The van der Waals surface area contributed by atoms with Crippen LogP contribution in [0.25, 0.3) is 0 Å². The highest BCUT2D eigenvalue weighted by atomic mass is 79.9. The molecule has 0 radical (unpaired) electrons. The topological polar surface area (TPSA) is 36.7 Å². The zero-order valence-electron chi connectivity index (χ0n) is 8.85. The van der Waals surface area contributed by atoms with Crippen LogP contribution in [-0.4, -0.2) is 4.98 Å². The molecule has 0 fully saturated rings. The molecule has 0 saturated carbocycles. The maximum absolute atomic E-state index is 9.03. The second-order valence-electron chi connectivity index (χ2n) is 4.34. The van der Waals surface area contributed by atoms with Crippen molar-refractivity contribution in [2.45, 2.75) is 33.1 Å². The lowest BCUT2D eigenvalue weighted by Crippen LogP contribution is -2.14. The number of hydrogen-bond donors (Lipinski definition) is 0. The van der Waals surface area contributed by atoms with Crippen LogP contribution in [0.15, 0.2) is 10.7 Å². The Bertz CT molecular complexity index is 397. The van der Waals surface area contributed by atoms with Gasteiger partial charge in [0.15, 0.2) is 0 Å². The summed E-state index contributed by atoms with van der Waals surface area (Å²) in [7, 11) is 0. The quantitative estimate of drug-likeness (QED) is 0.665. The van der Waals surface area contributed by atoms with Gasteiger partial charge in [-0.15, -0.1) is 0 Å². The molecule has 0 atom stereocenters. The zero-order valence-corrected chi connectivity index (χ0v) is 10.4. The van der Waals surface area contributed by atoms with E-state index in [1.807, 2.05) is 13.0 Å². The summed E-state index contributed by atoms with van der Waals surface area (Å²) in [5.41, 5.74) is 2.59. The summed E-state index contributed by atoms with van der Waals surface area (Å²) in [5, 5.41) is 9.03. The highest BCUT2D eigenvalue weighted by molar-refractivity contribution is 9.10. The molecule has 0 bridgehead atoms. The fraction of sp³-hybridized carbons (Fsp3) is 0.455. The van der Waals surface area contributed by atoms with Crippen LogP contribution in [0.3, 0.4) is 0 Å². The molecule has 0 spiro atoms. The van der Waals surface area contributed by atoms with E-state index >= 15 is 0 Å². The first-order chi connectivity index (χ1) is 6.36. The molecule has 1 aromatic heterocycles. The fourth-order valence-corrected chi connectivity index (χ4v) is 1.91. The number of nitrogens with zero attached hydrogens (tertiary/aromatic N) is 2. The first kappa shape index (κ1) is 11.2. The fourth-order valence-electron chi connectivity index (χ4n) is 1.33. The van der Waals surface area contributed by atoms with Crippen molar-refractivity contribution >= 4 is 15.9 Å². The third-order valence-corrected chi connectivity index (χ3v) is 2.60. The van der Waals surface area contributed by atoms with Gasteiger partial charge in [0.1, 0.15) is 10.7 Å². The highest BCUT2D eigenvalue weighted by Crippen LogP contribution is 2.29. The first-order valence-corrected chi connectivity index (χ1v) is 5.23. The van der Waals surface area contributed by atoms with Gasteiger partial charge in [-0.1, -0.05) is 20.8 Å². The van der Waals surface area contributed by atoms with E-state index < -0.39 is 0 Å². The summed E-state index contributed by atoms with van der Waals surface area (Å²) in [5.74, 6) is 0. The lowest BCUT2D eigenvalue weighted by Gasteiger charge is -2.21. The molecule has 3 heteroatoms. The van der Waals surface area contributed by atoms with Crippen molar-refractivity contribution in [2.75, 3.05) is 0 Å². The number of pyridine rings is 1. The smallest absolute Gasteiger partial charge is 0.124 e. The summed E-state index contributed by atoms with van der Waals surface area (Å²) in [4.78, 5) is 4.21. The Hall–Kier alpha value is -0.880. The van der Waals surface area contributed by atoms with Gasteiger partial charge in [-0.05, 0) is 39.9 Å². The number of rotatable bonds is 0. The van der Waals surface area contributed by atoms with Crippen molar-refractivity contribution in [3.63, 3.8) is 0 Å². The van der Waals surface area contributed by atoms with E-state index in [0.29, 0.717) is 10.2 Å². The molecule has 1 rings (SSSR count). The van der Waals surface area contributed by atoms with Gasteiger partial charge in [0.05, 0.1) is 5.56 Å². The summed E-state index contributed by atoms with van der Waals surface area (Å²) in [6, 6.07) is 4.16. The van der Waals surface area contributed by atoms with Crippen LogP contribution >= 0.6 is 15.9 Å². The average molecular weight is 253 g/mol. The van der Waals surface area contributed by atoms with Gasteiger partial charge >= 0.3 is 0 Å². The van der Waals surface area contributed by atoms with E-state index in [-0.39, 0.29) is 5.41 Å². The molecule has 0 amide bonds. The van der Waals surface area contributed by atoms with Crippen LogP contribution in [0, 0.1) is 18.3 Å². The van der Waals surface area contributed by atoms with Crippen molar-refractivity contribution < 1.29 is 0 Å². The number of halogens is 1. The van der Waals surface area contributed by atoms with Crippen LogP contribution in [0.1, 0.15) is 37.6 Å². The molecular weight excluding hydrogens is 240 g/mol. The number of hydrogen-bond acceptors (Lipinski definition) is 2. The van der Waals surface area contributed by atoms with E-state index in [2.05, 4.69) is 47.8 Å². The Balaban J connectivity index is 3.50. The molecule has 2 nitrogen and oxygen atoms in total. The van der Waals surface area contributed by atoms with Gasteiger partial charge in [0, 0.05) is 5.69 Å². The molecule has 0 unspecified atom stereocenters. The van der Waals surface area contributed by atoms with E-state index in [9.17, 15) is 0 Å². The number of aryl methyl sites for hydroxylation is 1. The van der Waals surface area contributed by atoms with Gasteiger partial charge in [-0.2, -0.15) is 5.26 Å². The van der Waals surface area contributed by atoms with E-state index in [1.165, 1.54) is 0 Å². The van der Waals surface area contributed by atoms with Crippen molar-refractivity contribution in [2.24, 2.45) is 0 Å². The van der Waals surface area contributed by atoms with Gasteiger partial charge in [0.25, 0.3) is 0 Å². The molecule has 1 heterocycles. The van der Waals surface area contributed by atoms with Crippen molar-refractivity contribution in [1.82, 2.24) is 4.98 Å². The number of nitriles is 1. The second-order valence-corrected chi connectivity index (χ2v) is 5.09. The third kappa shape index (κ3) is 2.13. The van der Waals surface area contributed by atoms with E-state index in [4.69, 9.17) is 5.26 Å². The van der Waals surface area contributed by atoms with Gasteiger partial charge in [-0.3, -0.25) is 0 Å². The maximum Gasteiger partial charge on any atom is 0.124 e. The molecule has 0 aromatic carbocycles. The summed E-state index contributed by atoms with van der Waals surface area (Å²) in [6.07, 6.45) is 0. The van der Waals surface area contributed by atoms with Crippen LogP contribution < -0.4 is 0 Å². The summed E-state index contributed by atoms with van der Waals surface area (Å²) in [6.45, 7) is 8.21. The minimum Gasteiger partial charge on any atom is -0.245 e. The largest absolute Gasteiger partial charge is 0.245 e. The standard InChI is InChI=1S/C11H13BrN2/c1-7-5-9(11(2,3)4)8(6-13)10(12)14-7/h5H,1-4H3. The molecule has 1 aromatic rings. The van der Waals surface area contributed by atoms with Gasteiger partial charge in [-0.25, -0.2) is 4.98 Å². The average Bonchev–Trinajstić information content (AvgIpc) is 2.01. The van der Waals surface area contributed by atoms with Crippen LogP contribution in [0.4, 0.5) is 0 Å². The normalized spacial score (nSPS) is 11.1. The second kappa shape index (κ2) is 3.70. The SMILES string of the molecule is Cc1cc(C(C)(C)C)c(C#N)c(Br)n1. The van der Waals surface area contributed by atoms with Gasteiger partial charge < -0.3 is 0 Å². The van der Waals surface area contributed by atoms with Crippen molar-refractivity contribution in [1.29, 1.82) is 5.26 Å². The number of aromatic nitrogens is 1. The molecule has 0 aliphatic heterocycles. The Morgan fingerprint density at radius 2 is 2.00 bits per heavy atom. The Kier molecular flexibility index (Phi) is 2.96. The Morgan fingerprint density at radius 1 is 1.43 bits per heavy atom. The molecule has 0 saturated heterocycles. The Morgan fingerprint density at radius 3 is 2.43 bits per heavy atom. The summed E-state index contributed by atoms with van der Waals surface area (Å²) >= 11 is 3.32. The van der Waals surface area contributed by atoms with Crippen LogP contribution in [0.5, 0.6) is 0 Å². The minimum absolute atomic E-state index is 0.0265. The lowest BCUT2D eigenvalue weighted by molar-refractivity contribution is 0.586. The van der Waals surface area contributed by atoms with Crippen molar-refractivity contribution in [3.8, 4) is 6.07 Å². The van der Waals surface area contributed by atoms with E-state index in [0.717, 1.165) is 11.3 Å². The monoisotopic (exact) mass is 252 g/mol. The zero-order chi connectivity index (χ0) is 10.9. The Labute approximate surface area is 93.1 Å². The van der Waals surface area contributed by atoms with Crippen LogP contribution in [0.2, 0.25) is 0 Å². The summed E-state index contributed by atoms with van der Waals surface area (Å²) < 4.78 is 0.643. The first-order valence-electron chi connectivity index (χ1n) is 4.44. The predicted molar refractivity (Wildman–Crippen MR) is 60.1 cm³/mol. The molecule has 0 N–H and O–H groups in total. The van der Waals surface area contributed by atoms with E-state index in [1.54, 1.807) is 0 Å². The molecular formula is C11H13BrN2. The third-order valence-electron chi connectivity index (χ3n) is 2.02. The van der Waals surface area contributed by atoms with Crippen molar-refractivity contribution in [3.05, 3.63) is 27.5 Å².